The van der Waals surface area contributed by atoms with Gasteiger partial charge in [0.25, 0.3) is 5.69 Å². The van der Waals surface area contributed by atoms with E-state index in [1.807, 2.05) is 47.5 Å². The van der Waals surface area contributed by atoms with Crippen molar-refractivity contribution in [3.8, 4) is 17.2 Å². The number of hydrogen-bond acceptors (Lipinski definition) is 7. The molecule has 9 heteroatoms. The minimum atomic E-state index is -0.596. The summed E-state index contributed by atoms with van der Waals surface area (Å²) in [7, 11) is 3.20. The molecule has 0 radical (unpaired) electrons. The summed E-state index contributed by atoms with van der Waals surface area (Å²) >= 11 is 3.55. The molecule has 3 aromatic carbocycles. The van der Waals surface area contributed by atoms with E-state index in [1.165, 1.54) is 12.1 Å². The first-order valence-electron chi connectivity index (χ1n) is 10.3. The first-order valence-corrected chi connectivity index (χ1v) is 11.1. The lowest BCUT2D eigenvalue weighted by Crippen LogP contribution is -2.33. The summed E-state index contributed by atoms with van der Waals surface area (Å²) < 4.78 is 18.1. The maximum atomic E-state index is 11.3. The molecule has 0 amide bonds. The number of fused-ring (bicyclic) bond motifs is 3. The Hall–Kier alpha value is -3.59. The lowest BCUT2D eigenvalue weighted by Gasteiger charge is -2.38. The zero-order valence-electron chi connectivity index (χ0n) is 17.9. The van der Waals surface area contributed by atoms with Crippen molar-refractivity contribution < 1.29 is 19.1 Å². The molecule has 2 atom stereocenters. The van der Waals surface area contributed by atoms with Crippen molar-refractivity contribution in [1.29, 1.82) is 0 Å². The van der Waals surface area contributed by atoms with Gasteiger partial charge in [-0.25, -0.2) is 5.01 Å². The van der Waals surface area contributed by atoms with Crippen molar-refractivity contribution in [2.24, 2.45) is 5.10 Å². The van der Waals surface area contributed by atoms with Gasteiger partial charge >= 0.3 is 0 Å². The number of methoxy groups -OCH3 is 2. The van der Waals surface area contributed by atoms with Crippen LogP contribution < -0.4 is 14.2 Å². The predicted molar refractivity (Wildman–Crippen MR) is 126 cm³/mol. The van der Waals surface area contributed by atoms with Gasteiger partial charge in [0.05, 0.1) is 30.9 Å². The van der Waals surface area contributed by atoms with Gasteiger partial charge in [-0.05, 0) is 36.4 Å². The van der Waals surface area contributed by atoms with Crippen molar-refractivity contribution in [2.45, 2.75) is 18.7 Å². The molecule has 0 saturated carbocycles. The Labute approximate surface area is 198 Å². The van der Waals surface area contributed by atoms with E-state index in [1.54, 1.807) is 20.3 Å². The lowest BCUT2D eigenvalue weighted by atomic mass is 9.95. The Kier molecular flexibility index (Phi) is 5.41. The van der Waals surface area contributed by atoms with Crippen LogP contribution in [0.2, 0.25) is 0 Å². The van der Waals surface area contributed by atoms with Crippen LogP contribution in [0.15, 0.2) is 70.2 Å². The molecule has 0 N–H and O–H groups in total. The first kappa shape index (κ1) is 21.3. The zero-order valence-corrected chi connectivity index (χ0v) is 19.5. The molecule has 0 saturated heterocycles. The van der Waals surface area contributed by atoms with Crippen LogP contribution in [0.3, 0.4) is 0 Å². The molecule has 0 bridgehead atoms. The zero-order chi connectivity index (χ0) is 23.1. The standard InChI is InChI=1S/C24H20BrN3O5/c1-31-22-8-6-14(11-23(22)32-2)19-13-20-18-12-16(25)7-9-21(18)33-24(27(20)26-19)15-4-3-5-17(10-15)28(29)30/h3-12,20,24H,13H2,1-2H3/t20-,24-/m1/s1. The molecule has 2 heterocycles. The summed E-state index contributed by atoms with van der Waals surface area (Å²) in [5, 5.41) is 18.1. The average molecular weight is 510 g/mol. The summed E-state index contributed by atoms with van der Waals surface area (Å²) in [5.41, 5.74) is 3.46. The van der Waals surface area contributed by atoms with Crippen LogP contribution in [0, 0.1) is 10.1 Å². The van der Waals surface area contributed by atoms with E-state index in [4.69, 9.17) is 19.3 Å². The Morgan fingerprint density at radius 2 is 1.91 bits per heavy atom. The molecular weight excluding hydrogens is 490 g/mol. The molecule has 2 aliphatic heterocycles. The minimum absolute atomic E-state index is 0.0116. The fourth-order valence-corrected chi connectivity index (χ4v) is 4.64. The number of nitro benzene ring substituents is 1. The molecule has 2 aliphatic rings. The number of hydrazone groups is 1. The molecule has 0 aliphatic carbocycles. The molecule has 0 aromatic heterocycles. The van der Waals surface area contributed by atoms with Crippen LogP contribution in [0.1, 0.15) is 35.4 Å². The van der Waals surface area contributed by atoms with Gasteiger partial charge in [0.1, 0.15) is 5.75 Å². The van der Waals surface area contributed by atoms with Gasteiger partial charge in [-0.1, -0.05) is 28.1 Å². The van der Waals surface area contributed by atoms with E-state index in [0.717, 1.165) is 27.1 Å². The van der Waals surface area contributed by atoms with Crippen molar-refractivity contribution in [3.63, 3.8) is 0 Å². The highest BCUT2D eigenvalue weighted by atomic mass is 79.9. The van der Waals surface area contributed by atoms with E-state index < -0.39 is 11.2 Å². The fraction of sp³-hybridized carbons (Fsp3) is 0.208. The Bertz CT molecular complexity index is 1280. The summed E-state index contributed by atoms with van der Waals surface area (Å²) in [6.07, 6.45) is 0.0505. The fourth-order valence-electron chi connectivity index (χ4n) is 4.26. The molecule has 168 valence electrons. The third-order valence-corrected chi connectivity index (χ3v) is 6.33. The Balaban J connectivity index is 1.59. The number of non-ortho nitro benzene ring substituents is 1. The van der Waals surface area contributed by atoms with Crippen LogP contribution in [-0.2, 0) is 0 Å². The monoisotopic (exact) mass is 509 g/mol. The topological polar surface area (TPSA) is 86.4 Å². The molecule has 33 heavy (non-hydrogen) atoms. The largest absolute Gasteiger partial charge is 0.493 e. The quantitative estimate of drug-likeness (QED) is 0.327. The van der Waals surface area contributed by atoms with Gasteiger partial charge in [-0.3, -0.25) is 10.1 Å². The van der Waals surface area contributed by atoms with Crippen molar-refractivity contribution >= 4 is 27.3 Å². The third-order valence-electron chi connectivity index (χ3n) is 5.83. The van der Waals surface area contributed by atoms with Crippen LogP contribution in [0.5, 0.6) is 17.2 Å². The van der Waals surface area contributed by atoms with E-state index in [-0.39, 0.29) is 11.7 Å². The Morgan fingerprint density at radius 1 is 1.09 bits per heavy atom. The summed E-state index contributed by atoms with van der Waals surface area (Å²) in [6, 6.07) is 18.0. The molecule has 0 fully saturated rings. The third kappa shape index (κ3) is 3.78. The molecule has 0 spiro atoms. The number of nitro groups is 1. The van der Waals surface area contributed by atoms with Gasteiger partial charge < -0.3 is 14.2 Å². The number of hydrogen-bond donors (Lipinski definition) is 0. The van der Waals surface area contributed by atoms with E-state index >= 15 is 0 Å². The summed E-state index contributed by atoms with van der Waals surface area (Å²) in [6.45, 7) is 0. The summed E-state index contributed by atoms with van der Waals surface area (Å²) in [5.74, 6) is 2.00. The highest BCUT2D eigenvalue weighted by Crippen LogP contribution is 2.48. The molecule has 3 aromatic rings. The second-order valence-electron chi connectivity index (χ2n) is 7.72. The molecule has 0 unspecified atom stereocenters. The highest BCUT2D eigenvalue weighted by molar-refractivity contribution is 9.10. The first-order chi connectivity index (χ1) is 16.0. The van der Waals surface area contributed by atoms with Gasteiger partial charge in [0.15, 0.2) is 11.5 Å². The average Bonchev–Trinajstić information content (AvgIpc) is 3.29. The van der Waals surface area contributed by atoms with E-state index in [9.17, 15) is 10.1 Å². The molecule has 8 nitrogen and oxygen atoms in total. The maximum Gasteiger partial charge on any atom is 0.269 e. The van der Waals surface area contributed by atoms with Crippen LogP contribution in [0.25, 0.3) is 0 Å². The Morgan fingerprint density at radius 3 is 2.67 bits per heavy atom. The smallest absolute Gasteiger partial charge is 0.269 e. The number of nitrogens with zero attached hydrogens (tertiary/aromatic N) is 3. The van der Waals surface area contributed by atoms with Crippen molar-refractivity contribution in [1.82, 2.24) is 5.01 Å². The predicted octanol–water partition coefficient (Wildman–Crippen LogP) is 5.62. The summed E-state index contributed by atoms with van der Waals surface area (Å²) in [4.78, 5) is 10.9. The van der Waals surface area contributed by atoms with Crippen LogP contribution >= 0.6 is 15.9 Å². The van der Waals surface area contributed by atoms with Gasteiger partial charge in [0, 0.05) is 39.7 Å². The van der Waals surface area contributed by atoms with Gasteiger partial charge in [0.2, 0.25) is 6.23 Å². The van der Waals surface area contributed by atoms with E-state index in [0.29, 0.717) is 23.5 Å². The minimum Gasteiger partial charge on any atom is -0.493 e. The molecule has 5 rings (SSSR count). The second kappa shape index (κ2) is 8.40. The lowest BCUT2D eigenvalue weighted by molar-refractivity contribution is -0.385. The molecular formula is C24H20BrN3O5. The van der Waals surface area contributed by atoms with E-state index in [2.05, 4.69) is 15.9 Å². The van der Waals surface area contributed by atoms with Crippen molar-refractivity contribution in [2.75, 3.05) is 14.2 Å². The van der Waals surface area contributed by atoms with Crippen molar-refractivity contribution in [3.05, 3.63) is 91.9 Å². The number of ether oxygens (including phenoxy) is 3. The van der Waals surface area contributed by atoms with Gasteiger partial charge in [-0.2, -0.15) is 5.10 Å². The second-order valence-corrected chi connectivity index (χ2v) is 8.64. The number of rotatable bonds is 5. The normalized spacial score (nSPS) is 18.6. The number of benzene rings is 3. The van der Waals surface area contributed by atoms with Crippen LogP contribution in [-0.4, -0.2) is 29.9 Å². The maximum absolute atomic E-state index is 11.3. The highest BCUT2D eigenvalue weighted by Gasteiger charge is 2.41. The van der Waals surface area contributed by atoms with Crippen LogP contribution in [0.4, 0.5) is 5.69 Å². The van der Waals surface area contributed by atoms with Gasteiger partial charge in [-0.15, -0.1) is 0 Å². The SMILES string of the molecule is COc1ccc(C2=NN3[C@H](C2)c2cc(Br)ccc2O[C@@H]3c2cccc([N+](=O)[O-])c2)cc1OC. The number of halogens is 1.